The van der Waals surface area contributed by atoms with Crippen LogP contribution in [0.1, 0.15) is 20.8 Å². The Kier molecular flexibility index (Phi) is 4.14. The highest BCUT2D eigenvalue weighted by molar-refractivity contribution is 5.76. The second kappa shape index (κ2) is 5.15. The maximum Gasteiger partial charge on any atom is 0.323 e. The zero-order chi connectivity index (χ0) is 10.6. The van der Waals surface area contributed by atoms with Crippen LogP contribution in [0.5, 0.6) is 0 Å². The monoisotopic (exact) mass is 197 g/mol. The molecule has 0 saturated carbocycles. The zero-order valence-corrected chi connectivity index (χ0v) is 9.19. The van der Waals surface area contributed by atoms with Gasteiger partial charge in [0.2, 0.25) is 0 Å². The smallest absolute Gasteiger partial charge is 0.323 e. The minimum atomic E-state index is -0.0926. The Morgan fingerprint density at radius 3 is 2.43 bits per heavy atom. The van der Waals surface area contributed by atoms with Crippen LogP contribution in [-0.2, 0) is 9.53 Å². The van der Waals surface area contributed by atoms with Crippen LogP contribution in [0.25, 0.3) is 0 Å². The predicted molar refractivity (Wildman–Crippen MR) is 56.0 cm³/mol. The molecule has 0 radical (unpaired) electrons. The van der Waals surface area contributed by atoms with E-state index in [2.05, 4.69) is 30.9 Å². The lowest BCUT2D eigenvalue weighted by Crippen LogP contribution is -2.44. The maximum absolute atomic E-state index is 11.7. The first-order chi connectivity index (χ1) is 6.66. The fraction of sp³-hybridized carbons (Fsp3) is 0.727. The molecular formula is C11H19NO2. The van der Waals surface area contributed by atoms with Crippen molar-refractivity contribution in [2.45, 2.75) is 26.8 Å². The Balaban J connectivity index is 2.58. The molecule has 0 fully saturated rings. The molecule has 3 heteroatoms. The molecule has 0 saturated heterocycles. The van der Waals surface area contributed by atoms with Crippen LogP contribution in [0.15, 0.2) is 12.2 Å². The van der Waals surface area contributed by atoms with E-state index < -0.39 is 0 Å². The molecule has 0 amide bonds. The first-order valence-electron chi connectivity index (χ1n) is 5.22. The van der Waals surface area contributed by atoms with Gasteiger partial charge in [0, 0.05) is 13.1 Å². The van der Waals surface area contributed by atoms with E-state index in [0.29, 0.717) is 12.5 Å². The summed E-state index contributed by atoms with van der Waals surface area (Å²) in [5.41, 5.74) is 0. The number of hydrogen-bond acceptors (Lipinski definition) is 3. The minimum Gasteiger partial charge on any atom is -0.465 e. The van der Waals surface area contributed by atoms with Crippen LogP contribution in [0.2, 0.25) is 0 Å². The fourth-order valence-corrected chi connectivity index (χ4v) is 1.79. The van der Waals surface area contributed by atoms with Gasteiger partial charge in [-0.3, -0.25) is 9.69 Å². The van der Waals surface area contributed by atoms with E-state index in [0.717, 1.165) is 13.1 Å². The quantitative estimate of drug-likeness (QED) is 0.504. The van der Waals surface area contributed by atoms with Gasteiger partial charge in [0.1, 0.15) is 6.04 Å². The highest BCUT2D eigenvalue weighted by Crippen LogP contribution is 2.15. The Bertz CT molecular complexity index is 215. The molecule has 80 valence electrons. The number of nitrogens with zero attached hydrogens (tertiary/aromatic N) is 1. The zero-order valence-electron chi connectivity index (χ0n) is 9.19. The lowest BCUT2D eigenvalue weighted by atomic mass is 10.0. The van der Waals surface area contributed by atoms with Crippen molar-refractivity contribution in [2.75, 3.05) is 19.7 Å². The molecule has 0 aliphatic carbocycles. The largest absolute Gasteiger partial charge is 0.465 e. The van der Waals surface area contributed by atoms with Crippen LogP contribution in [0.3, 0.4) is 0 Å². The van der Waals surface area contributed by atoms with E-state index in [4.69, 9.17) is 4.74 Å². The molecule has 3 nitrogen and oxygen atoms in total. The average Bonchev–Trinajstić information content (AvgIpc) is 2.57. The predicted octanol–water partition coefficient (Wildman–Crippen LogP) is 1.45. The number of hydrogen-bond donors (Lipinski definition) is 0. The molecule has 0 spiro atoms. The van der Waals surface area contributed by atoms with Gasteiger partial charge in [0.15, 0.2) is 0 Å². The summed E-state index contributed by atoms with van der Waals surface area (Å²) in [5, 5.41) is 0. The van der Waals surface area contributed by atoms with E-state index in [1.807, 2.05) is 6.92 Å². The summed E-state index contributed by atoms with van der Waals surface area (Å²) in [7, 11) is 0. The number of esters is 1. The summed E-state index contributed by atoms with van der Waals surface area (Å²) in [4.78, 5) is 13.8. The van der Waals surface area contributed by atoms with Crippen molar-refractivity contribution in [1.29, 1.82) is 0 Å². The third-order valence-corrected chi connectivity index (χ3v) is 2.40. The molecule has 1 aliphatic rings. The van der Waals surface area contributed by atoms with Gasteiger partial charge < -0.3 is 4.74 Å². The first kappa shape index (κ1) is 11.2. The molecule has 1 unspecified atom stereocenters. The molecule has 0 aromatic rings. The summed E-state index contributed by atoms with van der Waals surface area (Å²) < 4.78 is 5.07. The topological polar surface area (TPSA) is 29.5 Å². The summed E-state index contributed by atoms with van der Waals surface area (Å²) in [6.45, 7) is 8.14. The van der Waals surface area contributed by atoms with Gasteiger partial charge >= 0.3 is 5.97 Å². The van der Waals surface area contributed by atoms with Crippen molar-refractivity contribution in [1.82, 2.24) is 4.90 Å². The van der Waals surface area contributed by atoms with E-state index in [1.54, 1.807) is 0 Å². The fourth-order valence-electron chi connectivity index (χ4n) is 1.79. The Labute approximate surface area is 85.7 Å². The highest BCUT2D eigenvalue weighted by atomic mass is 16.5. The maximum atomic E-state index is 11.7. The molecule has 0 bridgehead atoms. The number of ether oxygens (including phenoxy) is 1. The molecule has 14 heavy (non-hydrogen) atoms. The number of rotatable bonds is 4. The van der Waals surface area contributed by atoms with Gasteiger partial charge in [-0.25, -0.2) is 0 Å². The third kappa shape index (κ3) is 2.58. The number of carbonyl (C=O) groups is 1. The molecule has 0 aromatic heterocycles. The summed E-state index contributed by atoms with van der Waals surface area (Å²) in [6.07, 6.45) is 4.18. The van der Waals surface area contributed by atoms with Gasteiger partial charge in [-0.05, 0) is 12.8 Å². The molecule has 0 aromatic carbocycles. The lowest BCUT2D eigenvalue weighted by Gasteiger charge is -2.28. The summed E-state index contributed by atoms with van der Waals surface area (Å²) >= 11 is 0. The van der Waals surface area contributed by atoms with E-state index in [1.165, 1.54) is 0 Å². The summed E-state index contributed by atoms with van der Waals surface area (Å²) in [5.74, 6) is 0.208. The average molecular weight is 197 g/mol. The van der Waals surface area contributed by atoms with Gasteiger partial charge in [0.25, 0.3) is 0 Å². The van der Waals surface area contributed by atoms with Gasteiger partial charge in [-0.2, -0.15) is 0 Å². The third-order valence-electron chi connectivity index (χ3n) is 2.40. The van der Waals surface area contributed by atoms with Crippen LogP contribution in [-0.4, -0.2) is 36.6 Å². The molecule has 1 heterocycles. The van der Waals surface area contributed by atoms with E-state index >= 15 is 0 Å². The van der Waals surface area contributed by atoms with E-state index in [-0.39, 0.29) is 12.0 Å². The van der Waals surface area contributed by atoms with Crippen LogP contribution in [0, 0.1) is 5.92 Å². The lowest BCUT2D eigenvalue weighted by molar-refractivity contribution is -0.150. The van der Waals surface area contributed by atoms with Crippen molar-refractivity contribution in [3.8, 4) is 0 Å². The molecule has 0 N–H and O–H groups in total. The molecule has 1 rings (SSSR count). The van der Waals surface area contributed by atoms with Gasteiger partial charge in [-0.1, -0.05) is 26.0 Å². The molecule has 1 atom stereocenters. The van der Waals surface area contributed by atoms with Crippen molar-refractivity contribution >= 4 is 5.97 Å². The highest BCUT2D eigenvalue weighted by Gasteiger charge is 2.30. The van der Waals surface area contributed by atoms with Crippen molar-refractivity contribution in [2.24, 2.45) is 5.92 Å². The first-order valence-corrected chi connectivity index (χ1v) is 5.22. The van der Waals surface area contributed by atoms with Gasteiger partial charge in [-0.15, -0.1) is 0 Å². The normalized spacial score (nSPS) is 18.9. The molecular weight excluding hydrogens is 178 g/mol. The number of carbonyl (C=O) groups excluding carboxylic acids is 1. The Morgan fingerprint density at radius 1 is 1.43 bits per heavy atom. The SMILES string of the molecule is CCOC(=O)C(C(C)C)N1CC=CC1. The standard InChI is InChI=1S/C11H19NO2/c1-4-14-11(13)10(9(2)3)12-7-5-6-8-12/h5-6,9-10H,4,7-8H2,1-3H3. The van der Waals surface area contributed by atoms with Crippen LogP contribution in [0.4, 0.5) is 0 Å². The van der Waals surface area contributed by atoms with Crippen molar-refractivity contribution in [3.05, 3.63) is 12.2 Å². The second-order valence-electron chi connectivity index (χ2n) is 3.87. The van der Waals surface area contributed by atoms with Crippen molar-refractivity contribution < 1.29 is 9.53 Å². The van der Waals surface area contributed by atoms with Gasteiger partial charge in [0.05, 0.1) is 6.61 Å². The minimum absolute atomic E-state index is 0.0915. The Morgan fingerprint density at radius 2 is 2.00 bits per heavy atom. The Hall–Kier alpha value is -0.830. The van der Waals surface area contributed by atoms with Crippen LogP contribution >= 0.6 is 0 Å². The second-order valence-corrected chi connectivity index (χ2v) is 3.87. The van der Waals surface area contributed by atoms with E-state index in [9.17, 15) is 4.79 Å². The summed E-state index contributed by atoms with van der Waals surface area (Å²) in [6, 6.07) is -0.0926. The van der Waals surface area contributed by atoms with Crippen molar-refractivity contribution in [3.63, 3.8) is 0 Å². The molecule has 1 aliphatic heterocycles. The van der Waals surface area contributed by atoms with Crippen LogP contribution < -0.4 is 0 Å².